The Morgan fingerprint density at radius 2 is 2.10 bits per heavy atom. The first kappa shape index (κ1) is 14.3. The van der Waals surface area contributed by atoms with Crippen LogP contribution in [0.25, 0.3) is 10.2 Å². The van der Waals surface area contributed by atoms with E-state index in [-0.39, 0.29) is 0 Å². The summed E-state index contributed by atoms with van der Waals surface area (Å²) in [6, 6.07) is 0. The number of fused-ring (bicyclic) bond motifs is 1. The van der Waals surface area contributed by atoms with Gasteiger partial charge >= 0.3 is 0 Å². The van der Waals surface area contributed by atoms with Gasteiger partial charge in [0.05, 0.1) is 16.8 Å². The second kappa shape index (κ2) is 5.63. The summed E-state index contributed by atoms with van der Waals surface area (Å²) in [5.74, 6) is 7.56. The van der Waals surface area contributed by atoms with Crippen molar-refractivity contribution in [3.63, 3.8) is 0 Å². The Bertz CT molecular complexity index is 795. The van der Waals surface area contributed by atoms with Crippen molar-refractivity contribution < 1.29 is 4.42 Å². The second-order valence-corrected chi connectivity index (χ2v) is 6.77. The van der Waals surface area contributed by atoms with E-state index in [1.807, 2.05) is 6.92 Å². The molecular weight excluding hydrogens is 306 g/mol. The lowest BCUT2D eigenvalue weighted by Gasteiger charge is -2.05. The maximum atomic E-state index is 5.60. The summed E-state index contributed by atoms with van der Waals surface area (Å²) in [5.41, 5.74) is 4.71. The zero-order chi connectivity index (χ0) is 15.0. The number of thioether (sulfide) groups is 1. The molecule has 0 amide bonds. The fraction of sp³-hybridized carbons (Fsp3) is 0.308. The van der Waals surface area contributed by atoms with Crippen molar-refractivity contribution in [1.82, 2.24) is 15.0 Å². The molecule has 3 heterocycles. The molecule has 0 fully saturated rings. The van der Waals surface area contributed by atoms with Crippen LogP contribution in [0.4, 0.5) is 5.82 Å². The molecule has 21 heavy (non-hydrogen) atoms. The summed E-state index contributed by atoms with van der Waals surface area (Å²) in [4.78, 5) is 15.5. The van der Waals surface area contributed by atoms with Crippen molar-refractivity contribution in [2.75, 3.05) is 5.43 Å². The van der Waals surface area contributed by atoms with Gasteiger partial charge in [-0.25, -0.2) is 20.8 Å². The van der Waals surface area contributed by atoms with Gasteiger partial charge in [-0.2, -0.15) is 0 Å². The highest BCUT2D eigenvalue weighted by atomic mass is 32.2. The van der Waals surface area contributed by atoms with Crippen LogP contribution in [0.5, 0.6) is 0 Å². The lowest BCUT2D eigenvalue weighted by Crippen LogP contribution is -2.10. The smallest absolute Gasteiger partial charge is 0.256 e. The number of hydrogen-bond acceptors (Lipinski definition) is 8. The van der Waals surface area contributed by atoms with Crippen molar-refractivity contribution in [1.29, 1.82) is 0 Å². The first-order chi connectivity index (χ1) is 10.1. The minimum atomic E-state index is 0.584. The summed E-state index contributed by atoms with van der Waals surface area (Å²) >= 11 is 3.12. The number of hydrazine groups is 1. The van der Waals surface area contributed by atoms with Crippen molar-refractivity contribution in [2.24, 2.45) is 5.84 Å². The first-order valence-electron chi connectivity index (χ1n) is 6.36. The van der Waals surface area contributed by atoms with Gasteiger partial charge in [-0.1, -0.05) is 11.8 Å². The monoisotopic (exact) mass is 321 g/mol. The highest BCUT2D eigenvalue weighted by molar-refractivity contribution is 7.98. The quantitative estimate of drug-likeness (QED) is 0.433. The molecule has 110 valence electrons. The van der Waals surface area contributed by atoms with E-state index < -0.39 is 0 Å². The zero-order valence-corrected chi connectivity index (χ0v) is 13.6. The van der Waals surface area contributed by atoms with Crippen LogP contribution in [0.3, 0.4) is 0 Å². The lowest BCUT2D eigenvalue weighted by atomic mass is 10.2. The second-order valence-electron chi connectivity index (χ2n) is 4.64. The largest absolute Gasteiger partial charge is 0.440 e. The summed E-state index contributed by atoms with van der Waals surface area (Å²) in [6.45, 7) is 6.03. The maximum absolute atomic E-state index is 5.60. The SMILES string of the molecule is Cc1coc(SCc2nc(NN)c3c(C)c(C)sc3n2)n1. The molecule has 0 radical (unpaired) electrons. The third kappa shape index (κ3) is 2.74. The van der Waals surface area contributed by atoms with Crippen LogP contribution in [0, 0.1) is 20.8 Å². The van der Waals surface area contributed by atoms with Crippen LogP contribution in [-0.4, -0.2) is 15.0 Å². The van der Waals surface area contributed by atoms with Crippen molar-refractivity contribution in [3.8, 4) is 0 Å². The molecule has 0 spiro atoms. The Morgan fingerprint density at radius 1 is 1.29 bits per heavy atom. The highest BCUT2D eigenvalue weighted by Crippen LogP contribution is 2.33. The van der Waals surface area contributed by atoms with Crippen LogP contribution < -0.4 is 11.3 Å². The van der Waals surface area contributed by atoms with Gasteiger partial charge in [-0.05, 0) is 26.3 Å². The summed E-state index contributed by atoms with van der Waals surface area (Å²) in [5, 5.41) is 1.62. The lowest BCUT2D eigenvalue weighted by molar-refractivity contribution is 0.454. The fourth-order valence-electron chi connectivity index (χ4n) is 1.99. The van der Waals surface area contributed by atoms with Crippen LogP contribution in [-0.2, 0) is 5.75 Å². The van der Waals surface area contributed by atoms with Gasteiger partial charge in [0, 0.05) is 4.88 Å². The normalized spacial score (nSPS) is 11.2. The van der Waals surface area contributed by atoms with E-state index in [1.54, 1.807) is 17.6 Å². The molecular formula is C13H15N5OS2. The van der Waals surface area contributed by atoms with E-state index in [2.05, 4.69) is 34.2 Å². The Labute approximate surface area is 130 Å². The van der Waals surface area contributed by atoms with Crippen molar-refractivity contribution in [3.05, 3.63) is 28.2 Å². The molecule has 3 rings (SSSR count). The molecule has 3 aromatic heterocycles. The summed E-state index contributed by atoms with van der Waals surface area (Å²) < 4.78 is 5.31. The van der Waals surface area contributed by atoms with Gasteiger partial charge < -0.3 is 9.84 Å². The third-order valence-corrected chi connectivity index (χ3v) is 5.07. The van der Waals surface area contributed by atoms with E-state index in [0.717, 1.165) is 15.9 Å². The van der Waals surface area contributed by atoms with Gasteiger partial charge in [-0.15, -0.1) is 11.3 Å². The molecule has 3 aromatic rings. The van der Waals surface area contributed by atoms with Crippen LogP contribution in [0.15, 0.2) is 15.9 Å². The molecule has 0 aliphatic carbocycles. The Kier molecular flexibility index (Phi) is 3.83. The number of nitrogens with one attached hydrogen (secondary N) is 1. The third-order valence-electron chi connectivity index (χ3n) is 3.13. The molecule has 0 atom stereocenters. The number of thiophene rings is 1. The Balaban J connectivity index is 1.92. The van der Waals surface area contributed by atoms with Crippen LogP contribution in [0.1, 0.15) is 22.0 Å². The fourth-order valence-corrected chi connectivity index (χ4v) is 3.74. The number of nitrogens with two attached hydrogens (primary N) is 1. The zero-order valence-electron chi connectivity index (χ0n) is 11.9. The Hall–Kier alpha value is -1.64. The number of rotatable bonds is 4. The van der Waals surface area contributed by atoms with Crippen LogP contribution in [0.2, 0.25) is 0 Å². The predicted molar refractivity (Wildman–Crippen MR) is 85.5 cm³/mol. The number of nitrogen functional groups attached to an aromatic ring is 1. The van der Waals surface area contributed by atoms with Gasteiger partial charge in [0.25, 0.3) is 5.22 Å². The first-order valence-corrected chi connectivity index (χ1v) is 8.17. The molecule has 0 aliphatic heterocycles. The number of anilines is 1. The van der Waals surface area contributed by atoms with E-state index in [4.69, 9.17) is 10.3 Å². The van der Waals surface area contributed by atoms with E-state index in [0.29, 0.717) is 22.6 Å². The maximum Gasteiger partial charge on any atom is 0.256 e. The van der Waals surface area contributed by atoms with Crippen molar-refractivity contribution >= 4 is 39.1 Å². The summed E-state index contributed by atoms with van der Waals surface area (Å²) in [7, 11) is 0. The molecule has 3 N–H and O–H groups in total. The number of nitrogens with zero attached hydrogens (tertiary/aromatic N) is 3. The molecule has 8 heteroatoms. The number of aryl methyl sites for hydroxylation is 3. The molecule has 6 nitrogen and oxygen atoms in total. The molecule has 0 bridgehead atoms. The number of aromatic nitrogens is 3. The number of hydrogen-bond donors (Lipinski definition) is 2. The summed E-state index contributed by atoms with van der Waals surface area (Å²) in [6.07, 6.45) is 1.63. The van der Waals surface area contributed by atoms with E-state index in [1.165, 1.54) is 22.2 Å². The Morgan fingerprint density at radius 3 is 2.76 bits per heavy atom. The van der Waals surface area contributed by atoms with E-state index >= 15 is 0 Å². The number of oxazole rings is 1. The molecule has 0 saturated carbocycles. The topological polar surface area (TPSA) is 89.9 Å². The molecule has 0 saturated heterocycles. The average molecular weight is 321 g/mol. The van der Waals surface area contributed by atoms with Gasteiger partial charge in [0.1, 0.15) is 16.9 Å². The predicted octanol–water partition coefficient (Wildman–Crippen LogP) is 3.18. The van der Waals surface area contributed by atoms with E-state index in [9.17, 15) is 0 Å². The van der Waals surface area contributed by atoms with Gasteiger partial charge in [0.15, 0.2) is 5.82 Å². The minimum Gasteiger partial charge on any atom is -0.440 e. The highest BCUT2D eigenvalue weighted by Gasteiger charge is 2.14. The van der Waals surface area contributed by atoms with Gasteiger partial charge in [0.2, 0.25) is 0 Å². The van der Waals surface area contributed by atoms with Crippen molar-refractivity contribution in [2.45, 2.75) is 31.7 Å². The average Bonchev–Trinajstić information content (AvgIpc) is 3.00. The van der Waals surface area contributed by atoms with Crippen LogP contribution >= 0.6 is 23.1 Å². The molecule has 0 unspecified atom stereocenters. The van der Waals surface area contributed by atoms with Gasteiger partial charge in [-0.3, -0.25) is 0 Å². The molecule has 0 aliphatic rings. The standard InChI is InChI=1S/C13H15N5OS2/c1-6-4-19-13(15-6)20-5-9-16-11(18-14)10-7(2)8(3)21-12(10)17-9/h4H,5,14H2,1-3H3,(H,16,17,18). The minimum absolute atomic E-state index is 0.584. The molecule has 0 aromatic carbocycles.